The molecule has 1 saturated carbocycles. The maximum absolute atomic E-state index is 11.8. The van der Waals surface area contributed by atoms with Crippen LogP contribution in [0.2, 0.25) is 0 Å². The Morgan fingerprint density at radius 2 is 1.58 bits per heavy atom. The minimum atomic E-state index is -2.97. The maximum Gasteiger partial charge on any atom is 0.356 e. The number of allylic oxidation sites excluding steroid dienone is 1. The first-order chi connectivity index (χ1) is 12.0. The molecule has 2 atom stereocenters. The Labute approximate surface area is 158 Å². The highest BCUT2D eigenvalue weighted by molar-refractivity contribution is 7.51. The number of aliphatic hydroxyl groups is 1. The van der Waals surface area contributed by atoms with Crippen LogP contribution >= 0.6 is 7.74 Å². The van der Waals surface area contributed by atoms with Gasteiger partial charge in [-0.2, -0.15) is 0 Å². The van der Waals surface area contributed by atoms with Crippen molar-refractivity contribution in [3.05, 3.63) is 12.2 Å². The minimum absolute atomic E-state index is 0.109. The van der Waals surface area contributed by atoms with Gasteiger partial charge in [0.2, 0.25) is 0 Å². The van der Waals surface area contributed by atoms with Crippen LogP contribution in [0.5, 0.6) is 0 Å². The molecule has 1 rings (SSSR count). The fourth-order valence-corrected chi connectivity index (χ4v) is 5.88. The van der Waals surface area contributed by atoms with Crippen molar-refractivity contribution in [2.24, 2.45) is 10.2 Å². The summed E-state index contributed by atoms with van der Waals surface area (Å²) in [5.74, 6) is -0.109. The van der Waals surface area contributed by atoms with Gasteiger partial charge in [-0.15, -0.1) is 0 Å². The van der Waals surface area contributed by atoms with Gasteiger partial charge in [-0.05, 0) is 65.0 Å². The van der Waals surface area contributed by atoms with E-state index in [0.717, 1.165) is 12.8 Å². The Bertz CT molecular complexity index is 551. The number of nitrogens with zero attached hydrogens (tertiary/aromatic N) is 1. The fourth-order valence-electron chi connectivity index (χ4n) is 3.71. The zero-order valence-corrected chi connectivity index (χ0v) is 18.3. The van der Waals surface area contributed by atoms with Crippen molar-refractivity contribution in [3.63, 3.8) is 0 Å². The Kier molecular flexibility index (Phi) is 8.24. The van der Waals surface area contributed by atoms with E-state index in [-0.39, 0.29) is 5.78 Å². The molecule has 0 aromatic carbocycles. The van der Waals surface area contributed by atoms with Crippen LogP contribution in [-0.4, -0.2) is 41.9 Å². The van der Waals surface area contributed by atoms with Crippen molar-refractivity contribution in [1.29, 1.82) is 0 Å². The molecule has 0 aromatic heterocycles. The molecule has 0 bridgehead atoms. The third kappa shape index (κ3) is 4.85. The van der Waals surface area contributed by atoms with Crippen LogP contribution in [0.4, 0.5) is 0 Å². The van der Waals surface area contributed by atoms with E-state index in [1.165, 1.54) is 13.0 Å². The van der Waals surface area contributed by atoms with Gasteiger partial charge in [0.05, 0.1) is 25.4 Å². The van der Waals surface area contributed by atoms with Gasteiger partial charge in [-0.1, -0.05) is 20.3 Å². The number of carbonyl (C=O) groups is 1. The molecule has 1 aliphatic carbocycles. The predicted octanol–water partition coefficient (Wildman–Crippen LogP) is 4.89. The van der Waals surface area contributed by atoms with Crippen LogP contribution < -0.4 is 0 Å². The highest BCUT2D eigenvalue weighted by Gasteiger charge is 2.58. The molecule has 1 N–H and O–H groups in total. The van der Waals surface area contributed by atoms with Gasteiger partial charge in [0.25, 0.3) is 0 Å². The SMILES string of the molecule is CCOP(=NC1(C)CCCC(C)(C)C1(O)/C=C/C(C)=O)(OCC)OCC. The Morgan fingerprint density at radius 3 is 2.00 bits per heavy atom. The number of hydrogen-bond acceptors (Lipinski definition) is 6. The lowest BCUT2D eigenvalue weighted by Gasteiger charge is -2.54. The summed E-state index contributed by atoms with van der Waals surface area (Å²) in [6.07, 6.45) is 5.44. The van der Waals surface area contributed by atoms with E-state index in [9.17, 15) is 9.90 Å². The van der Waals surface area contributed by atoms with Crippen molar-refractivity contribution in [2.45, 2.75) is 78.9 Å². The van der Waals surface area contributed by atoms with Gasteiger partial charge >= 0.3 is 7.74 Å². The number of ketones is 1. The summed E-state index contributed by atoms with van der Waals surface area (Å²) in [7, 11) is -2.97. The van der Waals surface area contributed by atoms with Crippen LogP contribution in [0.1, 0.15) is 67.7 Å². The zero-order chi connectivity index (χ0) is 20.1. The molecule has 26 heavy (non-hydrogen) atoms. The van der Waals surface area contributed by atoms with Crippen molar-refractivity contribution >= 4 is 13.5 Å². The molecule has 0 aromatic rings. The van der Waals surface area contributed by atoms with Gasteiger partial charge in [-0.3, -0.25) is 4.79 Å². The Hall–Kier alpha value is -0.520. The van der Waals surface area contributed by atoms with Crippen LogP contribution in [0.15, 0.2) is 16.9 Å². The lowest BCUT2D eigenvalue weighted by Crippen LogP contribution is -2.61. The molecule has 0 radical (unpaired) electrons. The third-order valence-electron chi connectivity index (χ3n) is 5.10. The second kappa shape index (κ2) is 9.11. The predicted molar refractivity (Wildman–Crippen MR) is 105 cm³/mol. The minimum Gasteiger partial charge on any atom is -0.383 e. The van der Waals surface area contributed by atoms with E-state index in [2.05, 4.69) is 0 Å². The van der Waals surface area contributed by atoms with E-state index in [1.54, 1.807) is 6.08 Å². The Morgan fingerprint density at radius 1 is 1.08 bits per heavy atom. The lowest BCUT2D eigenvalue weighted by molar-refractivity contribution is -0.115. The largest absolute Gasteiger partial charge is 0.383 e. The molecule has 0 aliphatic heterocycles. The summed E-state index contributed by atoms with van der Waals surface area (Å²) in [4.78, 5) is 11.5. The molecule has 1 fully saturated rings. The zero-order valence-electron chi connectivity index (χ0n) is 17.4. The highest BCUT2D eigenvalue weighted by atomic mass is 31.2. The summed E-state index contributed by atoms with van der Waals surface area (Å²) >= 11 is 0. The highest BCUT2D eigenvalue weighted by Crippen LogP contribution is 2.60. The summed E-state index contributed by atoms with van der Waals surface area (Å²) in [6, 6.07) is 0. The van der Waals surface area contributed by atoms with Gasteiger partial charge in [0, 0.05) is 0 Å². The molecular weight excluding hydrogens is 353 g/mol. The quantitative estimate of drug-likeness (QED) is 0.449. The van der Waals surface area contributed by atoms with Crippen LogP contribution in [-0.2, 0) is 18.4 Å². The molecule has 1 aliphatic rings. The van der Waals surface area contributed by atoms with Crippen molar-refractivity contribution in [1.82, 2.24) is 0 Å². The summed E-state index contributed by atoms with van der Waals surface area (Å²) < 4.78 is 22.5. The molecular formula is C19H36NO5P. The van der Waals surface area contributed by atoms with E-state index < -0.39 is 24.3 Å². The molecule has 6 nitrogen and oxygen atoms in total. The molecule has 0 heterocycles. The molecule has 7 heteroatoms. The van der Waals surface area contributed by atoms with Gasteiger partial charge < -0.3 is 18.7 Å². The molecule has 2 unspecified atom stereocenters. The van der Waals surface area contributed by atoms with Crippen molar-refractivity contribution in [3.8, 4) is 0 Å². The number of carbonyl (C=O) groups excluding carboxylic acids is 1. The Balaban J connectivity index is 3.60. The standard InChI is InChI=1S/C19H36NO5P/c1-8-23-26(24-9-2,25-10-3)20-18(7)14-11-13-17(5,6)19(18,22)15-12-16(4)21/h12,15,22H,8-11,13-14H2,1-7H3/b15-12+. The second-order valence-corrected chi connectivity index (χ2v) is 9.46. The molecule has 152 valence electrons. The summed E-state index contributed by atoms with van der Waals surface area (Å²) in [6.45, 7) is 14.2. The van der Waals surface area contributed by atoms with Crippen molar-refractivity contribution in [2.75, 3.05) is 19.8 Å². The number of hydrogen-bond donors (Lipinski definition) is 1. The van der Waals surface area contributed by atoms with Crippen LogP contribution in [0, 0.1) is 5.41 Å². The van der Waals surface area contributed by atoms with Gasteiger partial charge in [0.15, 0.2) is 5.78 Å². The lowest BCUT2D eigenvalue weighted by atomic mass is 9.57. The molecule has 0 spiro atoms. The first-order valence-electron chi connectivity index (χ1n) is 9.50. The first kappa shape index (κ1) is 23.5. The van der Waals surface area contributed by atoms with E-state index in [4.69, 9.17) is 18.3 Å². The van der Waals surface area contributed by atoms with Crippen molar-refractivity contribution < 1.29 is 23.5 Å². The van der Waals surface area contributed by atoms with E-state index in [1.807, 2.05) is 41.5 Å². The molecule has 0 amide bonds. The van der Waals surface area contributed by atoms with Gasteiger partial charge in [-0.25, -0.2) is 4.74 Å². The summed E-state index contributed by atoms with van der Waals surface area (Å²) in [5.41, 5.74) is -2.68. The van der Waals surface area contributed by atoms with E-state index >= 15 is 0 Å². The smallest absolute Gasteiger partial charge is 0.356 e. The first-order valence-corrected chi connectivity index (χ1v) is 11.0. The average molecular weight is 389 g/mol. The van der Waals surface area contributed by atoms with E-state index in [0.29, 0.717) is 26.2 Å². The maximum atomic E-state index is 11.8. The topological polar surface area (TPSA) is 77.4 Å². The molecule has 0 saturated heterocycles. The third-order valence-corrected chi connectivity index (χ3v) is 7.54. The monoisotopic (exact) mass is 389 g/mol. The second-order valence-electron chi connectivity index (χ2n) is 7.54. The van der Waals surface area contributed by atoms with Gasteiger partial charge in [0.1, 0.15) is 5.60 Å². The fraction of sp³-hybridized carbons (Fsp3) is 0.842. The summed E-state index contributed by atoms with van der Waals surface area (Å²) in [5, 5.41) is 11.8. The normalized spacial score (nSPS) is 29.1. The number of rotatable bonds is 9. The average Bonchev–Trinajstić information content (AvgIpc) is 2.51. The van der Waals surface area contributed by atoms with Crippen LogP contribution in [0.25, 0.3) is 0 Å². The van der Waals surface area contributed by atoms with Crippen LogP contribution in [0.3, 0.4) is 0 Å².